The van der Waals surface area contributed by atoms with Crippen LogP contribution in [0.1, 0.15) is 32.6 Å². The molecule has 0 aliphatic heterocycles. The van der Waals surface area contributed by atoms with Gasteiger partial charge in [0.1, 0.15) is 0 Å². The Kier molecular flexibility index (Phi) is 6.21. The standard InChI is InChI=1S/C8H15NO/c1-8(10-2)6-4-3-5-7-9/h8H,3-6H2,1-2H3/t8-/m1/s1. The lowest BCUT2D eigenvalue weighted by atomic mass is 10.1. The summed E-state index contributed by atoms with van der Waals surface area (Å²) in [5.74, 6) is 0. The molecule has 0 fully saturated rings. The molecule has 0 saturated heterocycles. The third kappa shape index (κ3) is 5.58. The van der Waals surface area contributed by atoms with Crippen LogP contribution in [0.15, 0.2) is 0 Å². The van der Waals surface area contributed by atoms with Crippen molar-refractivity contribution >= 4 is 0 Å². The smallest absolute Gasteiger partial charge is 0.0621 e. The molecular weight excluding hydrogens is 126 g/mol. The zero-order chi connectivity index (χ0) is 7.82. The summed E-state index contributed by atoms with van der Waals surface area (Å²) in [6.07, 6.45) is 4.19. The van der Waals surface area contributed by atoms with Crippen LogP contribution < -0.4 is 0 Å². The molecule has 0 aromatic carbocycles. The van der Waals surface area contributed by atoms with Crippen molar-refractivity contribution < 1.29 is 4.74 Å². The second-order valence-electron chi connectivity index (χ2n) is 2.45. The molecule has 0 aromatic rings. The lowest BCUT2D eigenvalue weighted by Gasteiger charge is -2.06. The number of methoxy groups -OCH3 is 1. The molecule has 2 heteroatoms. The number of hydrogen-bond acceptors (Lipinski definition) is 2. The first-order valence-corrected chi connectivity index (χ1v) is 3.71. The molecule has 0 amide bonds. The molecule has 10 heavy (non-hydrogen) atoms. The number of ether oxygens (including phenoxy) is 1. The second kappa shape index (κ2) is 6.57. The zero-order valence-corrected chi connectivity index (χ0v) is 6.76. The highest BCUT2D eigenvalue weighted by molar-refractivity contribution is 4.68. The number of unbranched alkanes of at least 4 members (excludes halogenated alkanes) is 2. The Bertz CT molecular complexity index is 106. The monoisotopic (exact) mass is 141 g/mol. The fourth-order valence-electron chi connectivity index (χ4n) is 0.754. The van der Waals surface area contributed by atoms with Gasteiger partial charge in [-0.05, 0) is 26.2 Å². The van der Waals surface area contributed by atoms with Crippen molar-refractivity contribution in [1.29, 1.82) is 5.26 Å². The molecule has 58 valence electrons. The van der Waals surface area contributed by atoms with Gasteiger partial charge in [-0.25, -0.2) is 0 Å². The fraction of sp³-hybridized carbons (Fsp3) is 0.875. The predicted molar refractivity (Wildman–Crippen MR) is 40.6 cm³/mol. The Morgan fingerprint density at radius 1 is 1.50 bits per heavy atom. The van der Waals surface area contributed by atoms with E-state index >= 15 is 0 Å². The van der Waals surface area contributed by atoms with Gasteiger partial charge in [0, 0.05) is 13.5 Å². The normalized spacial score (nSPS) is 12.5. The van der Waals surface area contributed by atoms with Crippen molar-refractivity contribution in [3.63, 3.8) is 0 Å². The maximum absolute atomic E-state index is 8.21. The molecule has 2 nitrogen and oxygen atoms in total. The Morgan fingerprint density at radius 2 is 2.20 bits per heavy atom. The quantitative estimate of drug-likeness (QED) is 0.549. The zero-order valence-electron chi connectivity index (χ0n) is 6.76. The summed E-state index contributed by atoms with van der Waals surface area (Å²) in [5, 5.41) is 8.21. The van der Waals surface area contributed by atoms with Crippen molar-refractivity contribution in [2.24, 2.45) is 0 Å². The molecule has 0 radical (unpaired) electrons. The van der Waals surface area contributed by atoms with E-state index < -0.39 is 0 Å². The Hall–Kier alpha value is -0.550. The summed E-state index contributed by atoms with van der Waals surface area (Å²) < 4.78 is 5.05. The van der Waals surface area contributed by atoms with Gasteiger partial charge in [-0.1, -0.05) is 0 Å². The van der Waals surface area contributed by atoms with Gasteiger partial charge in [0.15, 0.2) is 0 Å². The van der Waals surface area contributed by atoms with Crippen LogP contribution >= 0.6 is 0 Å². The van der Waals surface area contributed by atoms with Crippen LogP contribution in [-0.4, -0.2) is 13.2 Å². The molecule has 0 bridgehead atoms. The largest absolute Gasteiger partial charge is 0.382 e. The topological polar surface area (TPSA) is 33.0 Å². The van der Waals surface area contributed by atoms with E-state index in [1.165, 1.54) is 0 Å². The van der Waals surface area contributed by atoms with Crippen LogP contribution in [0.5, 0.6) is 0 Å². The van der Waals surface area contributed by atoms with Crippen molar-refractivity contribution in [2.45, 2.75) is 38.7 Å². The molecule has 0 aromatic heterocycles. The number of rotatable bonds is 5. The first-order valence-electron chi connectivity index (χ1n) is 3.71. The van der Waals surface area contributed by atoms with Crippen molar-refractivity contribution in [3.8, 4) is 6.07 Å². The highest BCUT2D eigenvalue weighted by Gasteiger charge is 1.97. The molecule has 0 spiro atoms. The maximum atomic E-state index is 8.21. The highest BCUT2D eigenvalue weighted by atomic mass is 16.5. The van der Waals surface area contributed by atoms with Crippen LogP contribution in [0.2, 0.25) is 0 Å². The lowest BCUT2D eigenvalue weighted by Crippen LogP contribution is -2.03. The van der Waals surface area contributed by atoms with E-state index in [2.05, 4.69) is 6.07 Å². The van der Waals surface area contributed by atoms with E-state index in [1.807, 2.05) is 6.92 Å². The van der Waals surface area contributed by atoms with E-state index in [-0.39, 0.29) is 0 Å². The second-order valence-corrected chi connectivity index (χ2v) is 2.45. The minimum Gasteiger partial charge on any atom is -0.382 e. The SMILES string of the molecule is CO[C@H](C)CCCCC#N. The van der Waals surface area contributed by atoms with Crippen LogP contribution in [0.3, 0.4) is 0 Å². The van der Waals surface area contributed by atoms with Gasteiger partial charge < -0.3 is 4.74 Å². The van der Waals surface area contributed by atoms with Crippen molar-refractivity contribution in [1.82, 2.24) is 0 Å². The molecule has 0 N–H and O–H groups in total. The summed E-state index contributed by atoms with van der Waals surface area (Å²) in [4.78, 5) is 0. The Balaban J connectivity index is 2.98. The average molecular weight is 141 g/mol. The number of nitrogens with zero attached hydrogens (tertiary/aromatic N) is 1. The van der Waals surface area contributed by atoms with Crippen molar-refractivity contribution in [3.05, 3.63) is 0 Å². The minimum absolute atomic E-state index is 0.346. The van der Waals surface area contributed by atoms with Gasteiger partial charge in [-0.15, -0.1) is 0 Å². The predicted octanol–water partition coefficient (Wildman–Crippen LogP) is 2.11. The van der Waals surface area contributed by atoms with E-state index in [0.29, 0.717) is 12.5 Å². The Labute approximate surface area is 62.8 Å². The molecule has 0 saturated carbocycles. The van der Waals surface area contributed by atoms with Gasteiger partial charge in [0.2, 0.25) is 0 Å². The summed E-state index contributed by atoms with van der Waals surface area (Å²) in [5.41, 5.74) is 0. The lowest BCUT2D eigenvalue weighted by molar-refractivity contribution is 0.108. The van der Waals surface area contributed by atoms with Crippen LogP contribution in [0.4, 0.5) is 0 Å². The van der Waals surface area contributed by atoms with Gasteiger partial charge >= 0.3 is 0 Å². The van der Waals surface area contributed by atoms with E-state index in [4.69, 9.17) is 10.00 Å². The molecule has 1 atom stereocenters. The van der Waals surface area contributed by atoms with Gasteiger partial charge in [0.05, 0.1) is 12.2 Å². The summed E-state index contributed by atoms with van der Waals surface area (Å²) in [6, 6.07) is 2.12. The molecule has 0 rings (SSSR count). The third-order valence-corrected chi connectivity index (χ3v) is 1.55. The van der Waals surface area contributed by atoms with Crippen molar-refractivity contribution in [2.75, 3.05) is 7.11 Å². The summed E-state index contributed by atoms with van der Waals surface area (Å²) >= 11 is 0. The first kappa shape index (κ1) is 9.45. The molecule has 0 heterocycles. The average Bonchev–Trinajstić information content (AvgIpc) is 1.98. The minimum atomic E-state index is 0.346. The third-order valence-electron chi connectivity index (χ3n) is 1.55. The highest BCUT2D eigenvalue weighted by Crippen LogP contribution is 2.04. The summed E-state index contributed by atoms with van der Waals surface area (Å²) in [7, 11) is 1.72. The van der Waals surface area contributed by atoms with Gasteiger partial charge in [0.25, 0.3) is 0 Å². The van der Waals surface area contributed by atoms with Crippen LogP contribution in [0.25, 0.3) is 0 Å². The first-order chi connectivity index (χ1) is 4.81. The fourth-order valence-corrected chi connectivity index (χ4v) is 0.754. The number of nitriles is 1. The van der Waals surface area contributed by atoms with E-state index in [1.54, 1.807) is 7.11 Å². The molecule has 0 aliphatic carbocycles. The van der Waals surface area contributed by atoms with Crippen LogP contribution in [-0.2, 0) is 4.74 Å². The molecular formula is C8H15NO. The van der Waals surface area contributed by atoms with Gasteiger partial charge in [-0.3, -0.25) is 0 Å². The summed E-state index contributed by atoms with van der Waals surface area (Å²) in [6.45, 7) is 2.05. The van der Waals surface area contributed by atoms with E-state index in [9.17, 15) is 0 Å². The molecule has 0 aliphatic rings. The van der Waals surface area contributed by atoms with Gasteiger partial charge in [-0.2, -0.15) is 5.26 Å². The Morgan fingerprint density at radius 3 is 2.70 bits per heavy atom. The van der Waals surface area contributed by atoms with E-state index in [0.717, 1.165) is 19.3 Å². The number of hydrogen-bond donors (Lipinski definition) is 0. The molecule has 0 unspecified atom stereocenters. The maximum Gasteiger partial charge on any atom is 0.0621 e. The van der Waals surface area contributed by atoms with Crippen LogP contribution in [0, 0.1) is 11.3 Å².